The zero-order valence-electron chi connectivity index (χ0n) is 18.0. The van der Waals surface area contributed by atoms with Crippen LogP contribution in [0.25, 0.3) is 0 Å². The Morgan fingerprint density at radius 1 is 1.26 bits per heavy atom. The van der Waals surface area contributed by atoms with E-state index in [0.29, 0.717) is 31.1 Å². The molecule has 168 valence electrons. The van der Waals surface area contributed by atoms with Crippen molar-refractivity contribution in [1.29, 1.82) is 0 Å². The lowest BCUT2D eigenvalue weighted by molar-refractivity contribution is -0.118. The van der Waals surface area contributed by atoms with Crippen LogP contribution in [0.5, 0.6) is 5.75 Å². The SMILES string of the molecule is CCOc1ccc(NS(=O)(=O)c2cc(C(=O)N3CC(C)OC(C)(C)C3)ccc2Cl)cc1. The third-order valence-corrected chi connectivity index (χ3v) is 6.60. The normalized spacial score (nSPS) is 18.5. The maximum absolute atomic E-state index is 13.1. The molecule has 2 aromatic carbocycles. The molecule has 1 aliphatic rings. The third kappa shape index (κ3) is 5.70. The molecule has 1 fully saturated rings. The van der Waals surface area contributed by atoms with Crippen LogP contribution in [0, 0.1) is 0 Å². The van der Waals surface area contributed by atoms with Crippen LogP contribution in [0.1, 0.15) is 38.1 Å². The van der Waals surface area contributed by atoms with Crippen LogP contribution < -0.4 is 9.46 Å². The monoisotopic (exact) mass is 466 g/mol. The Morgan fingerprint density at radius 2 is 1.94 bits per heavy atom. The lowest BCUT2D eigenvalue weighted by Gasteiger charge is -2.41. The van der Waals surface area contributed by atoms with Crippen LogP contribution in [0.4, 0.5) is 5.69 Å². The lowest BCUT2D eigenvalue weighted by Crippen LogP contribution is -2.53. The molecule has 2 aromatic rings. The maximum Gasteiger partial charge on any atom is 0.263 e. The minimum absolute atomic E-state index is 0.0330. The van der Waals surface area contributed by atoms with Crippen molar-refractivity contribution in [1.82, 2.24) is 4.90 Å². The van der Waals surface area contributed by atoms with Gasteiger partial charge in [0.1, 0.15) is 10.6 Å². The smallest absolute Gasteiger partial charge is 0.263 e. The van der Waals surface area contributed by atoms with Gasteiger partial charge in [0.05, 0.1) is 23.3 Å². The van der Waals surface area contributed by atoms with Crippen molar-refractivity contribution in [3.63, 3.8) is 0 Å². The fourth-order valence-corrected chi connectivity index (χ4v) is 5.21. The Hall–Kier alpha value is -2.29. The van der Waals surface area contributed by atoms with Crippen molar-refractivity contribution in [2.24, 2.45) is 0 Å². The molecule has 31 heavy (non-hydrogen) atoms. The molecular formula is C22H27ClN2O5S. The van der Waals surface area contributed by atoms with Crippen LogP contribution in [0.15, 0.2) is 47.4 Å². The van der Waals surface area contributed by atoms with Gasteiger partial charge < -0.3 is 14.4 Å². The number of amides is 1. The van der Waals surface area contributed by atoms with E-state index in [1.165, 1.54) is 18.2 Å². The summed E-state index contributed by atoms with van der Waals surface area (Å²) in [5.41, 5.74) is 0.130. The number of sulfonamides is 1. The van der Waals surface area contributed by atoms with Gasteiger partial charge in [-0.1, -0.05) is 11.6 Å². The predicted molar refractivity (Wildman–Crippen MR) is 120 cm³/mol. The van der Waals surface area contributed by atoms with Gasteiger partial charge in [-0.15, -0.1) is 0 Å². The van der Waals surface area contributed by atoms with Gasteiger partial charge in [-0.2, -0.15) is 0 Å². The van der Waals surface area contributed by atoms with E-state index >= 15 is 0 Å². The summed E-state index contributed by atoms with van der Waals surface area (Å²) >= 11 is 6.19. The van der Waals surface area contributed by atoms with Crippen molar-refractivity contribution in [2.75, 3.05) is 24.4 Å². The molecule has 1 N–H and O–H groups in total. The summed E-state index contributed by atoms with van der Waals surface area (Å²) in [6.45, 7) is 8.96. The van der Waals surface area contributed by atoms with Gasteiger partial charge in [-0.25, -0.2) is 8.42 Å². The second kappa shape index (κ2) is 9.06. The molecule has 7 nitrogen and oxygen atoms in total. The summed E-state index contributed by atoms with van der Waals surface area (Å²) in [4.78, 5) is 14.6. The number of benzene rings is 2. The first-order valence-corrected chi connectivity index (χ1v) is 11.9. The highest BCUT2D eigenvalue weighted by Crippen LogP contribution is 2.28. The van der Waals surface area contributed by atoms with Crippen molar-refractivity contribution >= 4 is 33.2 Å². The molecule has 0 spiro atoms. The highest BCUT2D eigenvalue weighted by molar-refractivity contribution is 7.92. The molecule has 1 heterocycles. The molecule has 1 atom stereocenters. The lowest BCUT2D eigenvalue weighted by atomic mass is 10.0. The van der Waals surface area contributed by atoms with Gasteiger partial charge in [0, 0.05) is 24.3 Å². The fraction of sp³-hybridized carbons (Fsp3) is 0.409. The second-order valence-electron chi connectivity index (χ2n) is 8.08. The summed E-state index contributed by atoms with van der Waals surface area (Å²) in [5, 5.41) is 0.0330. The quantitative estimate of drug-likeness (QED) is 0.690. The standard InChI is InChI=1S/C22H27ClN2O5S/c1-5-29-18-9-7-17(8-10-18)24-31(27,28)20-12-16(6-11-19(20)23)21(26)25-13-15(2)30-22(3,4)14-25/h6-12,15,24H,5,13-14H2,1-4H3. The van der Waals surface area contributed by atoms with E-state index in [4.69, 9.17) is 21.1 Å². The molecule has 3 rings (SSSR count). The maximum atomic E-state index is 13.1. The van der Waals surface area contributed by atoms with E-state index in [0.717, 1.165) is 0 Å². The summed E-state index contributed by atoms with van der Waals surface area (Å²) < 4.78 is 39.6. The summed E-state index contributed by atoms with van der Waals surface area (Å²) in [6, 6.07) is 10.8. The number of halogens is 1. The average molecular weight is 467 g/mol. The minimum Gasteiger partial charge on any atom is -0.494 e. The number of ether oxygens (including phenoxy) is 2. The highest BCUT2D eigenvalue weighted by atomic mass is 35.5. The van der Waals surface area contributed by atoms with Crippen molar-refractivity contribution in [2.45, 2.75) is 44.3 Å². The summed E-state index contributed by atoms with van der Waals surface area (Å²) in [6.07, 6.45) is -0.121. The molecule has 0 aromatic heterocycles. The number of hydrogen-bond donors (Lipinski definition) is 1. The van der Waals surface area contributed by atoms with E-state index in [1.54, 1.807) is 29.2 Å². The number of hydrogen-bond acceptors (Lipinski definition) is 5. The molecule has 9 heteroatoms. The van der Waals surface area contributed by atoms with Crippen molar-refractivity contribution in [3.05, 3.63) is 53.1 Å². The average Bonchev–Trinajstić information content (AvgIpc) is 2.67. The molecule has 1 saturated heterocycles. The second-order valence-corrected chi connectivity index (χ2v) is 10.1. The van der Waals surface area contributed by atoms with Gasteiger partial charge in [0.25, 0.3) is 15.9 Å². The van der Waals surface area contributed by atoms with Gasteiger partial charge in [-0.05, 0) is 70.2 Å². The Kier molecular flexibility index (Phi) is 6.83. The Balaban J connectivity index is 1.85. The molecule has 0 aliphatic carbocycles. The Morgan fingerprint density at radius 3 is 2.55 bits per heavy atom. The molecule has 1 amide bonds. The Labute approximate surface area is 188 Å². The van der Waals surface area contributed by atoms with E-state index in [2.05, 4.69) is 4.72 Å². The van der Waals surface area contributed by atoms with E-state index in [1.807, 2.05) is 27.7 Å². The first-order chi connectivity index (χ1) is 14.5. The zero-order valence-corrected chi connectivity index (χ0v) is 19.6. The van der Waals surface area contributed by atoms with Gasteiger partial charge in [0.15, 0.2) is 0 Å². The number of morpholine rings is 1. The topological polar surface area (TPSA) is 84.9 Å². The first kappa shape index (κ1) is 23.4. The first-order valence-electron chi connectivity index (χ1n) is 10.0. The Bertz CT molecular complexity index is 1050. The van der Waals surface area contributed by atoms with Crippen LogP contribution in [0.3, 0.4) is 0 Å². The van der Waals surface area contributed by atoms with Crippen molar-refractivity contribution < 1.29 is 22.7 Å². The number of carbonyl (C=O) groups is 1. The molecule has 1 aliphatic heterocycles. The van der Waals surface area contributed by atoms with E-state index in [9.17, 15) is 13.2 Å². The largest absolute Gasteiger partial charge is 0.494 e. The molecule has 0 saturated carbocycles. The third-order valence-electron chi connectivity index (χ3n) is 4.74. The number of rotatable bonds is 6. The van der Waals surface area contributed by atoms with Crippen LogP contribution in [0.2, 0.25) is 5.02 Å². The van der Waals surface area contributed by atoms with Crippen LogP contribution >= 0.6 is 11.6 Å². The summed E-state index contributed by atoms with van der Waals surface area (Å²) in [5.74, 6) is 0.371. The van der Waals surface area contributed by atoms with E-state index < -0.39 is 15.6 Å². The predicted octanol–water partition coefficient (Wildman–Crippen LogP) is 4.18. The molecule has 0 bridgehead atoms. The fourth-order valence-electron chi connectivity index (χ4n) is 3.63. The van der Waals surface area contributed by atoms with Gasteiger partial charge in [-0.3, -0.25) is 9.52 Å². The number of nitrogens with one attached hydrogen (secondary N) is 1. The van der Waals surface area contributed by atoms with Gasteiger partial charge in [0.2, 0.25) is 0 Å². The van der Waals surface area contributed by atoms with Gasteiger partial charge >= 0.3 is 0 Å². The van der Waals surface area contributed by atoms with Crippen LogP contribution in [-0.2, 0) is 14.8 Å². The molecule has 0 radical (unpaired) electrons. The number of carbonyl (C=O) groups excluding carboxylic acids is 1. The minimum atomic E-state index is -4.01. The number of nitrogens with zero attached hydrogens (tertiary/aromatic N) is 1. The highest BCUT2D eigenvalue weighted by Gasteiger charge is 2.34. The zero-order chi connectivity index (χ0) is 22.8. The summed E-state index contributed by atoms with van der Waals surface area (Å²) in [7, 11) is -4.01. The van der Waals surface area contributed by atoms with Crippen LogP contribution in [-0.4, -0.2) is 50.6 Å². The van der Waals surface area contributed by atoms with Crippen molar-refractivity contribution in [3.8, 4) is 5.75 Å². The van der Waals surface area contributed by atoms with E-state index in [-0.39, 0.29) is 27.5 Å². The molecule has 1 unspecified atom stereocenters. The molecular weight excluding hydrogens is 440 g/mol. The number of anilines is 1.